The summed E-state index contributed by atoms with van der Waals surface area (Å²) in [6.45, 7) is 4.09. The smallest absolute Gasteiger partial charge is 0.243 e. The molecular formula is C29H45N3O4. The van der Waals surface area contributed by atoms with Gasteiger partial charge in [-0.15, -0.1) is 0 Å². The van der Waals surface area contributed by atoms with Crippen LogP contribution in [0.25, 0.3) is 0 Å². The van der Waals surface area contributed by atoms with Gasteiger partial charge in [0.15, 0.2) is 0 Å². The van der Waals surface area contributed by atoms with Crippen LogP contribution in [-0.4, -0.2) is 65.0 Å². The highest BCUT2D eigenvalue weighted by Gasteiger charge is 2.41. The summed E-state index contributed by atoms with van der Waals surface area (Å²) in [6, 6.07) is 8.92. The number of nitrogens with one attached hydrogen (secondary N) is 1. The molecular weight excluding hydrogens is 454 g/mol. The van der Waals surface area contributed by atoms with Gasteiger partial charge in [0.1, 0.15) is 12.3 Å². The molecule has 3 rings (SSSR count). The minimum absolute atomic E-state index is 0.00103. The van der Waals surface area contributed by atoms with Crippen molar-refractivity contribution >= 4 is 17.7 Å². The number of carbonyl (C=O) groups is 3. The van der Waals surface area contributed by atoms with E-state index in [-0.39, 0.29) is 35.5 Å². The molecule has 2 heterocycles. The Morgan fingerprint density at radius 1 is 0.917 bits per heavy atom. The Hall–Kier alpha value is -2.41. The monoisotopic (exact) mass is 499 g/mol. The van der Waals surface area contributed by atoms with Crippen LogP contribution in [0.1, 0.15) is 77.2 Å². The van der Waals surface area contributed by atoms with Crippen LogP contribution in [0.3, 0.4) is 0 Å². The normalized spacial score (nSPS) is 29.4. The van der Waals surface area contributed by atoms with Gasteiger partial charge in [-0.3, -0.25) is 14.4 Å². The summed E-state index contributed by atoms with van der Waals surface area (Å²) in [6.07, 6.45) is 7.22. The first-order valence-electron chi connectivity index (χ1n) is 13.7. The van der Waals surface area contributed by atoms with Crippen molar-refractivity contribution in [3.8, 4) is 0 Å². The average molecular weight is 500 g/mol. The quantitative estimate of drug-likeness (QED) is 0.660. The van der Waals surface area contributed by atoms with E-state index in [2.05, 4.69) is 17.4 Å². The van der Waals surface area contributed by atoms with Gasteiger partial charge in [0, 0.05) is 25.9 Å². The van der Waals surface area contributed by atoms with E-state index in [1.54, 1.807) is 19.0 Å². The van der Waals surface area contributed by atoms with Gasteiger partial charge in [-0.25, -0.2) is 0 Å². The predicted molar refractivity (Wildman–Crippen MR) is 141 cm³/mol. The number of aliphatic hydroxyl groups is 1. The lowest BCUT2D eigenvalue weighted by molar-refractivity contribution is -0.156. The molecule has 1 aromatic carbocycles. The van der Waals surface area contributed by atoms with Gasteiger partial charge in [-0.1, -0.05) is 76.3 Å². The van der Waals surface area contributed by atoms with E-state index in [1.807, 2.05) is 32.0 Å². The summed E-state index contributed by atoms with van der Waals surface area (Å²) in [7, 11) is 3.35. The number of piperidine rings is 1. The molecule has 7 heteroatoms. The molecule has 5 atom stereocenters. The lowest BCUT2D eigenvalue weighted by atomic mass is 9.87. The third-order valence-electron chi connectivity index (χ3n) is 7.91. The molecule has 0 spiro atoms. The van der Waals surface area contributed by atoms with Crippen molar-refractivity contribution in [3.63, 3.8) is 0 Å². The number of likely N-dealkylation sites (N-methyl/N-ethyl adjacent to an activating group) is 2. The minimum atomic E-state index is -1.07. The van der Waals surface area contributed by atoms with Crippen molar-refractivity contribution in [2.75, 3.05) is 14.1 Å². The number of hydrogen-bond donors (Lipinski definition) is 2. The van der Waals surface area contributed by atoms with E-state index in [9.17, 15) is 19.5 Å². The Labute approximate surface area is 216 Å². The predicted octanol–water partition coefficient (Wildman–Crippen LogP) is 3.74. The number of carbonyl (C=O) groups excluding carboxylic acids is 3. The number of aliphatic hydroxyl groups excluding tert-OH is 1. The first kappa shape index (κ1) is 28.2. The highest BCUT2D eigenvalue weighted by atomic mass is 16.3. The van der Waals surface area contributed by atoms with Crippen LogP contribution in [0.15, 0.2) is 30.3 Å². The van der Waals surface area contributed by atoms with Crippen LogP contribution >= 0.6 is 0 Å². The summed E-state index contributed by atoms with van der Waals surface area (Å²) < 4.78 is 0. The van der Waals surface area contributed by atoms with E-state index in [0.717, 1.165) is 50.5 Å². The molecule has 1 aromatic rings. The Morgan fingerprint density at radius 3 is 2.22 bits per heavy atom. The molecule has 36 heavy (non-hydrogen) atoms. The van der Waals surface area contributed by atoms with Crippen molar-refractivity contribution in [2.24, 2.45) is 17.8 Å². The molecule has 2 saturated heterocycles. The van der Waals surface area contributed by atoms with Crippen LogP contribution < -0.4 is 5.32 Å². The Kier molecular flexibility index (Phi) is 10.3. The second-order valence-electron chi connectivity index (χ2n) is 11.2. The first-order chi connectivity index (χ1) is 17.2. The first-order valence-corrected chi connectivity index (χ1v) is 13.7. The fraction of sp³-hybridized carbons (Fsp3) is 0.690. The summed E-state index contributed by atoms with van der Waals surface area (Å²) in [5.41, 5.74) is 1.13. The third kappa shape index (κ3) is 7.31. The number of benzene rings is 1. The lowest BCUT2D eigenvalue weighted by Gasteiger charge is -2.41. The SMILES string of the molecule is CC(C)C[C@H]1C(=O)NC2CC(CCCCCCCC(Cc3ccccc3)C(=O)N1C)C(=O)N(C)C2O. The van der Waals surface area contributed by atoms with Crippen molar-refractivity contribution in [1.82, 2.24) is 15.1 Å². The Morgan fingerprint density at radius 2 is 1.56 bits per heavy atom. The molecule has 7 nitrogen and oxygen atoms in total. The molecule has 2 aliphatic heterocycles. The summed E-state index contributed by atoms with van der Waals surface area (Å²) in [4.78, 5) is 43.1. The lowest BCUT2D eigenvalue weighted by Crippen LogP contribution is -2.61. The van der Waals surface area contributed by atoms with E-state index in [4.69, 9.17) is 0 Å². The molecule has 0 aromatic heterocycles. The van der Waals surface area contributed by atoms with E-state index in [0.29, 0.717) is 19.3 Å². The average Bonchev–Trinajstić information content (AvgIpc) is 2.86. The summed E-state index contributed by atoms with van der Waals surface area (Å²) in [5, 5.41) is 13.8. The van der Waals surface area contributed by atoms with E-state index < -0.39 is 18.3 Å². The van der Waals surface area contributed by atoms with E-state index >= 15 is 0 Å². The van der Waals surface area contributed by atoms with Gasteiger partial charge in [-0.05, 0) is 43.6 Å². The van der Waals surface area contributed by atoms with E-state index in [1.165, 1.54) is 4.90 Å². The highest BCUT2D eigenvalue weighted by molar-refractivity contribution is 5.89. The van der Waals surface area contributed by atoms with Gasteiger partial charge in [0.25, 0.3) is 0 Å². The topological polar surface area (TPSA) is 90.0 Å². The van der Waals surface area contributed by atoms with Crippen LogP contribution in [0.4, 0.5) is 0 Å². The third-order valence-corrected chi connectivity index (χ3v) is 7.91. The zero-order valence-electron chi connectivity index (χ0n) is 22.5. The standard InChI is InChI=1S/C29H45N3O4/c1-20(2)17-25-26(33)30-24-19-23(28(35)32(4)29(24)36)16-12-7-5-6-11-15-22(27(34)31(25)3)18-21-13-9-8-10-14-21/h8-10,13-14,20,22-25,29,36H,5-7,11-12,15-19H2,1-4H3,(H,30,33)/t22?,23?,24?,25-,29?/m0/s1. The maximum Gasteiger partial charge on any atom is 0.243 e. The second-order valence-corrected chi connectivity index (χ2v) is 11.2. The largest absolute Gasteiger partial charge is 0.371 e. The molecule has 2 N–H and O–H groups in total. The number of amides is 3. The number of hydrogen-bond acceptors (Lipinski definition) is 4. The van der Waals surface area contributed by atoms with Crippen molar-refractivity contribution in [3.05, 3.63) is 35.9 Å². The molecule has 200 valence electrons. The highest BCUT2D eigenvalue weighted by Crippen LogP contribution is 2.28. The zero-order valence-corrected chi connectivity index (χ0v) is 22.5. The van der Waals surface area contributed by atoms with Crippen molar-refractivity contribution in [2.45, 2.75) is 96.4 Å². The molecule has 2 bridgehead atoms. The van der Waals surface area contributed by atoms with Crippen molar-refractivity contribution in [1.29, 1.82) is 0 Å². The number of nitrogens with zero attached hydrogens (tertiary/aromatic N) is 2. The molecule has 2 aliphatic rings. The van der Waals surface area contributed by atoms with Crippen LogP contribution in [0.2, 0.25) is 0 Å². The Balaban J connectivity index is 1.86. The molecule has 3 amide bonds. The minimum Gasteiger partial charge on any atom is -0.371 e. The fourth-order valence-electron chi connectivity index (χ4n) is 5.72. The molecule has 0 saturated carbocycles. The van der Waals surface area contributed by atoms with Gasteiger partial charge < -0.3 is 20.2 Å². The van der Waals surface area contributed by atoms with Gasteiger partial charge >= 0.3 is 0 Å². The number of fused-ring (bicyclic) bond motifs is 2. The fourth-order valence-corrected chi connectivity index (χ4v) is 5.72. The maximum absolute atomic E-state index is 13.8. The van der Waals surface area contributed by atoms with Crippen molar-refractivity contribution < 1.29 is 19.5 Å². The second kappa shape index (κ2) is 13.2. The molecule has 2 fully saturated rings. The molecule has 0 aliphatic carbocycles. The van der Waals surface area contributed by atoms with Crippen LogP contribution in [0.5, 0.6) is 0 Å². The molecule has 0 radical (unpaired) electrons. The van der Waals surface area contributed by atoms with Gasteiger partial charge in [-0.2, -0.15) is 0 Å². The summed E-state index contributed by atoms with van der Waals surface area (Å²) >= 11 is 0. The van der Waals surface area contributed by atoms with Crippen LogP contribution in [0, 0.1) is 17.8 Å². The number of rotatable bonds is 4. The zero-order chi connectivity index (χ0) is 26.2. The maximum atomic E-state index is 13.8. The Bertz CT molecular complexity index is 875. The van der Waals surface area contributed by atoms with Gasteiger partial charge in [0.2, 0.25) is 17.7 Å². The van der Waals surface area contributed by atoms with Crippen LogP contribution in [-0.2, 0) is 20.8 Å². The molecule has 4 unspecified atom stereocenters. The van der Waals surface area contributed by atoms with Gasteiger partial charge in [0.05, 0.1) is 6.04 Å². The number of likely N-dealkylation sites (tertiary alicyclic amines) is 1. The summed E-state index contributed by atoms with van der Waals surface area (Å²) in [5.74, 6) is -0.473.